The highest BCUT2D eigenvalue weighted by atomic mass is 35.5. The second-order valence-corrected chi connectivity index (χ2v) is 3.65. The number of rotatable bonds is 4. The Morgan fingerprint density at radius 2 is 2.00 bits per heavy atom. The Bertz CT molecular complexity index is 393. The van der Waals surface area contributed by atoms with Crippen LogP contribution < -0.4 is 0 Å². The van der Waals surface area contributed by atoms with Crippen molar-refractivity contribution < 1.29 is 25.2 Å². The van der Waals surface area contributed by atoms with Crippen molar-refractivity contribution in [3.05, 3.63) is 34.3 Å². The largest absolute Gasteiger partial charge is 0.478 e. The molecule has 88 valence electrons. The first-order chi connectivity index (χ1) is 7.47. The number of halogens is 1. The summed E-state index contributed by atoms with van der Waals surface area (Å²) >= 11 is 5.68. The highest BCUT2D eigenvalue weighted by Crippen LogP contribution is 2.23. The van der Waals surface area contributed by atoms with Gasteiger partial charge >= 0.3 is 5.97 Å². The van der Waals surface area contributed by atoms with Crippen LogP contribution >= 0.6 is 11.6 Å². The van der Waals surface area contributed by atoms with Gasteiger partial charge in [0.05, 0.1) is 17.2 Å². The van der Waals surface area contributed by atoms with Crippen molar-refractivity contribution in [1.29, 1.82) is 0 Å². The van der Waals surface area contributed by atoms with E-state index in [1.54, 1.807) is 0 Å². The summed E-state index contributed by atoms with van der Waals surface area (Å²) in [5, 5.41) is 36.0. The monoisotopic (exact) mass is 246 g/mol. The van der Waals surface area contributed by atoms with Crippen LogP contribution in [-0.4, -0.2) is 39.1 Å². The molecular weight excluding hydrogens is 236 g/mol. The number of hydrogen-bond acceptors (Lipinski definition) is 4. The average molecular weight is 247 g/mol. The Hall–Kier alpha value is -1.14. The summed E-state index contributed by atoms with van der Waals surface area (Å²) < 4.78 is 0. The Kier molecular flexibility index (Phi) is 4.26. The second-order valence-electron chi connectivity index (χ2n) is 3.24. The van der Waals surface area contributed by atoms with Crippen LogP contribution in [0.4, 0.5) is 0 Å². The minimum absolute atomic E-state index is 0.0332. The Balaban J connectivity index is 3.01. The molecule has 6 heteroatoms. The van der Waals surface area contributed by atoms with E-state index in [4.69, 9.17) is 21.8 Å². The lowest BCUT2D eigenvalue weighted by atomic mass is 10.0. The number of hydrogen-bond donors (Lipinski definition) is 4. The zero-order valence-electron chi connectivity index (χ0n) is 8.17. The van der Waals surface area contributed by atoms with Crippen LogP contribution in [0.1, 0.15) is 22.0 Å². The average Bonchev–Trinajstić information content (AvgIpc) is 2.26. The van der Waals surface area contributed by atoms with E-state index in [1.165, 1.54) is 18.2 Å². The summed E-state index contributed by atoms with van der Waals surface area (Å²) in [6.07, 6.45) is -2.63. The van der Waals surface area contributed by atoms with E-state index in [9.17, 15) is 15.0 Å². The number of aliphatic hydroxyl groups excluding tert-OH is 3. The smallest absolute Gasteiger partial charge is 0.337 e. The molecule has 5 nitrogen and oxygen atoms in total. The summed E-state index contributed by atoms with van der Waals surface area (Å²) in [6.45, 7) is -0.598. The number of benzene rings is 1. The minimum Gasteiger partial charge on any atom is -0.478 e. The molecule has 0 aliphatic heterocycles. The van der Waals surface area contributed by atoms with Gasteiger partial charge in [-0.05, 0) is 17.7 Å². The second kappa shape index (κ2) is 5.27. The molecule has 1 aromatic carbocycles. The van der Waals surface area contributed by atoms with Crippen LogP contribution in [0.3, 0.4) is 0 Å². The predicted molar refractivity (Wildman–Crippen MR) is 56.5 cm³/mol. The van der Waals surface area contributed by atoms with Crippen LogP contribution in [-0.2, 0) is 0 Å². The number of aromatic carboxylic acids is 1. The third kappa shape index (κ3) is 2.70. The maximum atomic E-state index is 10.7. The fourth-order valence-corrected chi connectivity index (χ4v) is 1.48. The molecule has 0 aliphatic rings. The molecule has 0 aromatic heterocycles. The normalized spacial score (nSPS) is 14.5. The van der Waals surface area contributed by atoms with Gasteiger partial charge in [0.25, 0.3) is 0 Å². The van der Waals surface area contributed by atoms with Gasteiger partial charge in [0, 0.05) is 0 Å². The molecule has 4 N–H and O–H groups in total. The summed E-state index contributed by atoms with van der Waals surface area (Å²) in [5.41, 5.74) is 0.160. The SMILES string of the molecule is O=C(O)c1ccc(C(O)C(O)CO)cc1Cl. The zero-order valence-corrected chi connectivity index (χ0v) is 8.92. The molecule has 0 heterocycles. The fourth-order valence-electron chi connectivity index (χ4n) is 1.21. The molecule has 2 atom stereocenters. The summed E-state index contributed by atoms with van der Waals surface area (Å²) in [5.74, 6) is -1.17. The topological polar surface area (TPSA) is 98.0 Å². The Labute approximate surface area is 96.5 Å². The zero-order chi connectivity index (χ0) is 12.3. The third-order valence-electron chi connectivity index (χ3n) is 2.12. The van der Waals surface area contributed by atoms with Crippen LogP contribution in [0.25, 0.3) is 0 Å². The van der Waals surface area contributed by atoms with Gasteiger partial charge in [-0.1, -0.05) is 17.7 Å². The van der Waals surface area contributed by atoms with Crippen molar-refractivity contribution in [2.75, 3.05) is 6.61 Å². The quantitative estimate of drug-likeness (QED) is 0.617. The van der Waals surface area contributed by atoms with Gasteiger partial charge < -0.3 is 20.4 Å². The first-order valence-electron chi connectivity index (χ1n) is 4.47. The molecule has 0 saturated carbocycles. The van der Waals surface area contributed by atoms with Crippen molar-refractivity contribution in [1.82, 2.24) is 0 Å². The molecule has 0 aliphatic carbocycles. The number of aliphatic hydroxyl groups is 3. The Morgan fingerprint density at radius 1 is 1.38 bits per heavy atom. The van der Waals surface area contributed by atoms with E-state index in [2.05, 4.69) is 0 Å². The van der Waals surface area contributed by atoms with Crippen molar-refractivity contribution in [2.24, 2.45) is 0 Å². The maximum absolute atomic E-state index is 10.7. The van der Waals surface area contributed by atoms with Gasteiger partial charge in [-0.15, -0.1) is 0 Å². The van der Waals surface area contributed by atoms with Gasteiger partial charge in [0.2, 0.25) is 0 Å². The predicted octanol–water partition coefficient (Wildman–Crippen LogP) is 0.425. The van der Waals surface area contributed by atoms with Gasteiger partial charge in [0.15, 0.2) is 0 Å². The van der Waals surface area contributed by atoms with Crippen LogP contribution in [0.15, 0.2) is 18.2 Å². The molecule has 1 aromatic rings. The van der Waals surface area contributed by atoms with Gasteiger partial charge in [0.1, 0.15) is 12.2 Å². The van der Waals surface area contributed by atoms with Gasteiger partial charge in [-0.25, -0.2) is 4.79 Å². The first kappa shape index (κ1) is 12.9. The fraction of sp³-hybridized carbons (Fsp3) is 0.300. The van der Waals surface area contributed by atoms with E-state index in [-0.39, 0.29) is 16.1 Å². The first-order valence-corrected chi connectivity index (χ1v) is 4.85. The van der Waals surface area contributed by atoms with Crippen LogP contribution in [0.2, 0.25) is 5.02 Å². The minimum atomic E-state index is -1.33. The molecule has 0 amide bonds. The van der Waals surface area contributed by atoms with Crippen molar-refractivity contribution in [2.45, 2.75) is 12.2 Å². The summed E-state index contributed by atoms with van der Waals surface area (Å²) in [7, 11) is 0. The van der Waals surface area contributed by atoms with E-state index in [1.807, 2.05) is 0 Å². The lowest BCUT2D eigenvalue weighted by Crippen LogP contribution is -2.22. The van der Waals surface area contributed by atoms with Gasteiger partial charge in [-0.3, -0.25) is 0 Å². The number of carboxylic acids is 1. The molecule has 16 heavy (non-hydrogen) atoms. The van der Waals surface area contributed by atoms with E-state index in [0.29, 0.717) is 0 Å². The van der Waals surface area contributed by atoms with Crippen molar-refractivity contribution >= 4 is 17.6 Å². The molecule has 0 bridgehead atoms. The lowest BCUT2D eigenvalue weighted by Gasteiger charge is -2.16. The van der Waals surface area contributed by atoms with E-state index >= 15 is 0 Å². The molecule has 0 saturated heterocycles. The summed E-state index contributed by atoms with van der Waals surface area (Å²) in [4.78, 5) is 10.7. The Morgan fingerprint density at radius 3 is 2.44 bits per heavy atom. The van der Waals surface area contributed by atoms with Gasteiger partial charge in [-0.2, -0.15) is 0 Å². The van der Waals surface area contributed by atoms with Crippen molar-refractivity contribution in [3.8, 4) is 0 Å². The molecule has 0 fully saturated rings. The number of carbonyl (C=O) groups is 1. The van der Waals surface area contributed by atoms with E-state index < -0.39 is 24.8 Å². The number of carboxylic acid groups (broad SMARTS) is 1. The highest BCUT2D eigenvalue weighted by Gasteiger charge is 2.19. The molecule has 0 radical (unpaired) electrons. The molecule has 0 spiro atoms. The van der Waals surface area contributed by atoms with Crippen LogP contribution in [0.5, 0.6) is 0 Å². The third-order valence-corrected chi connectivity index (χ3v) is 2.43. The lowest BCUT2D eigenvalue weighted by molar-refractivity contribution is -0.0152. The standard InChI is InChI=1S/C10H11ClO5/c11-7-3-5(9(14)8(13)4-12)1-2-6(7)10(15)16/h1-3,8-9,12-14H,4H2,(H,15,16). The molecular formula is C10H11ClO5. The molecule has 1 rings (SSSR count). The molecule has 2 unspecified atom stereocenters. The van der Waals surface area contributed by atoms with Crippen LogP contribution in [0, 0.1) is 0 Å². The summed E-state index contributed by atoms with van der Waals surface area (Å²) in [6, 6.07) is 3.81. The van der Waals surface area contributed by atoms with Crippen molar-refractivity contribution in [3.63, 3.8) is 0 Å². The van der Waals surface area contributed by atoms with E-state index in [0.717, 1.165) is 0 Å². The highest BCUT2D eigenvalue weighted by molar-refractivity contribution is 6.33. The maximum Gasteiger partial charge on any atom is 0.337 e.